The molecule has 3 N–H and O–H groups in total. The molecule has 0 aromatic heterocycles. The average molecular weight is 686 g/mol. The lowest BCUT2D eigenvalue weighted by Crippen LogP contribution is -2.49. The van der Waals surface area contributed by atoms with Crippen LogP contribution in [-0.2, 0) is 41.7 Å². The highest BCUT2D eigenvalue weighted by atomic mass is 16.6. The molecule has 11 nitrogen and oxygen atoms in total. The summed E-state index contributed by atoms with van der Waals surface area (Å²) in [5.41, 5.74) is 2.24. The van der Waals surface area contributed by atoms with E-state index in [-0.39, 0.29) is 58.1 Å². The van der Waals surface area contributed by atoms with Crippen molar-refractivity contribution in [2.24, 2.45) is 5.92 Å². The van der Waals surface area contributed by atoms with Gasteiger partial charge in [0, 0.05) is 26.6 Å². The van der Waals surface area contributed by atoms with Crippen molar-refractivity contribution in [3.8, 4) is 0 Å². The molecule has 0 radical (unpaired) electrons. The maximum Gasteiger partial charge on any atom is 0.408 e. The van der Waals surface area contributed by atoms with E-state index in [9.17, 15) is 24.3 Å². The number of hydrogen-bond donors (Lipinski definition) is 3. The number of amides is 3. The summed E-state index contributed by atoms with van der Waals surface area (Å²) in [6, 6.07) is 25.3. The van der Waals surface area contributed by atoms with Gasteiger partial charge in [-0.05, 0) is 29.5 Å². The zero-order valence-electron chi connectivity index (χ0n) is 28.4. The summed E-state index contributed by atoms with van der Waals surface area (Å²) in [4.78, 5) is 55.0. The fraction of sp³-hybridized carbons (Fsp3) is 0.333. The number of esters is 1. The number of nitrogens with zero attached hydrogens (tertiary/aromatic N) is 1. The molecule has 0 aliphatic rings. The first kappa shape index (κ1) is 39.2. The third-order valence-electron chi connectivity index (χ3n) is 7.78. The Morgan fingerprint density at radius 1 is 0.840 bits per heavy atom. The number of aliphatic hydroxyl groups excluding tert-OH is 1. The SMILES string of the molecule is C=CC[C@H](CC(=O)N(CCO)Cc1ccccc1)C(=O)N[C@@H](COC)[C@@H](OC(=O)[C@@H](CC=C)NC(=O)OCc1ccccc1)c1ccccc1. The monoisotopic (exact) mass is 685 g/mol. The highest BCUT2D eigenvalue weighted by Gasteiger charge is 2.34. The fourth-order valence-electron chi connectivity index (χ4n) is 5.25. The number of ether oxygens (including phenoxy) is 3. The van der Waals surface area contributed by atoms with E-state index in [4.69, 9.17) is 14.2 Å². The second-order valence-corrected chi connectivity index (χ2v) is 11.6. The molecular formula is C39H47N3O8. The van der Waals surface area contributed by atoms with Gasteiger partial charge in [-0.2, -0.15) is 0 Å². The van der Waals surface area contributed by atoms with Crippen LogP contribution in [0.25, 0.3) is 0 Å². The third-order valence-corrected chi connectivity index (χ3v) is 7.78. The summed E-state index contributed by atoms with van der Waals surface area (Å²) in [6.07, 6.45) is 1.30. The van der Waals surface area contributed by atoms with Gasteiger partial charge in [0.2, 0.25) is 11.8 Å². The van der Waals surface area contributed by atoms with E-state index in [2.05, 4.69) is 23.8 Å². The Hall–Kier alpha value is -5.26. The summed E-state index contributed by atoms with van der Waals surface area (Å²) in [5.74, 6) is -2.36. The van der Waals surface area contributed by atoms with Crippen molar-refractivity contribution in [2.45, 2.75) is 50.6 Å². The van der Waals surface area contributed by atoms with Gasteiger partial charge >= 0.3 is 12.1 Å². The Morgan fingerprint density at radius 2 is 1.44 bits per heavy atom. The van der Waals surface area contributed by atoms with E-state index >= 15 is 0 Å². The van der Waals surface area contributed by atoms with Gasteiger partial charge in [0.05, 0.1) is 25.2 Å². The molecule has 11 heteroatoms. The summed E-state index contributed by atoms with van der Waals surface area (Å²) in [6.45, 7) is 7.59. The van der Waals surface area contributed by atoms with Crippen molar-refractivity contribution in [3.63, 3.8) is 0 Å². The fourth-order valence-corrected chi connectivity index (χ4v) is 5.25. The molecule has 0 aliphatic carbocycles. The van der Waals surface area contributed by atoms with Gasteiger partial charge in [-0.15, -0.1) is 13.2 Å². The largest absolute Gasteiger partial charge is 0.454 e. The Morgan fingerprint density at radius 3 is 2.02 bits per heavy atom. The number of benzene rings is 3. The Labute approximate surface area is 293 Å². The smallest absolute Gasteiger partial charge is 0.408 e. The third kappa shape index (κ3) is 13.0. The van der Waals surface area contributed by atoms with Gasteiger partial charge < -0.3 is 34.9 Å². The minimum Gasteiger partial charge on any atom is -0.454 e. The molecular weight excluding hydrogens is 638 g/mol. The van der Waals surface area contributed by atoms with Crippen LogP contribution >= 0.6 is 0 Å². The minimum atomic E-state index is -1.13. The number of nitrogens with one attached hydrogen (secondary N) is 2. The van der Waals surface area contributed by atoms with Crippen LogP contribution in [0.2, 0.25) is 0 Å². The predicted octanol–water partition coefficient (Wildman–Crippen LogP) is 4.88. The van der Waals surface area contributed by atoms with Crippen molar-refractivity contribution < 1.29 is 38.5 Å². The molecule has 3 aromatic rings. The number of methoxy groups -OCH3 is 1. The summed E-state index contributed by atoms with van der Waals surface area (Å²) in [5, 5.41) is 15.1. The van der Waals surface area contributed by atoms with E-state index in [0.717, 1.165) is 11.1 Å². The Balaban J connectivity index is 1.78. The van der Waals surface area contributed by atoms with Gasteiger partial charge in [0.1, 0.15) is 18.8 Å². The lowest BCUT2D eigenvalue weighted by Gasteiger charge is -2.31. The van der Waals surface area contributed by atoms with Crippen molar-refractivity contribution in [1.29, 1.82) is 0 Å². The van der Waals surface area contributed by atoms with Gasteiger partial charge in [-0.25, -0.2) is 9.59 Å². The van der Waals surface area contributed by atoms with Crippen molar-refractivity contribution in [3.05, 3.63) is 133 Å². The predicted molar refractivity (Wildman–Crippen MR) is 189 cm³/mol. The average Bonchev–Trinajstić information content (AvgIpc) is 3.13. The number of carbonyl (C=O) groups is 4. The molecule has 0 saturated carbocycles. The Kier molecular flexibility index (Phi) is 17.0. The number of rotatable bonds is 21. The normalized spacial score (nSPS) is 13.1. The quantitative estimate of drug-likeness (QED) is 0.106. The summed E-state index contributed by atoms with van der Waals surface area (Å²) < 4.78 is 16.8. The van der Waals surface area contributed by atoms with Crippen LogP contribution in [0.4, 0.5) is 4.79 Å². The standard InChI is InChI=1S/C39H47N3O8/c1-4-15-32(25-35(44)42(23-24-43)26-29-17-9-6-10-18-29)37(45)40-34(28-48-3)36(31-21-13-8-14-22-31)50-38(46)33(16-5-2)41-39(47)49-27-30-19-11-7-12-20-30/h4-14,17-22,32-34,36,43H,1-2,15-16,23-28H2,3H3,(H,40,45)(H,41,47)/t32-,33-,34+,36+/m1/s1. The topological polar surface area (TPSA) is 144 Å². The zero-order chi connectivity index (χ0) is 36.1. The van der Waals surface area contributed by atoms with Gasteiger partial charge in [-0.1, -0.05) is 103 Å². The molecule has 0 aliphatic heterocycles. The second-order valence-electron chi connectivity index (χ2n) is 11.6. The minimum absolute atomic E-state index is 0.00943. The van der Waals surface area contributed by atoms with Crippen LogP contribution < -0.4 is 10.6 Å². The zero-order valence-corrected chi connectivity index (χ0v) is 28.4. The molecule has 0 saturated heterocycles. The van der Waals surface area contributed by atoms with Crippen LogP contribution in [0.3, 0.4) is 0 Å². The van der Waals surface area contributed by atoms with E-state index in [1.807, 2.05) is 60.7 Å². The molecule has 3 amide bonds. The molecule has 4 atom stereocenters. The van der Waals surface area contributed by atoms with Gasteiger partial charge in [-0.3, -0.25) is 9.59 Å². The maximum atomic E-state index is 13.8. The van der Waals surface area contributed by atoms with E-state index < -0.39 is 42.1 Å². The maximum absolute atomic E-state index is 13.8. The van der Waals surface area contributed by atoms with Crippen LogP contribution in [0.15, 0.2) is 116 Å². The number of aliphatic hydroxyl groups is 1. The van der Waals surface area contributed by atoms with Gasteiger partial charge in [0.15, 0.2) is 0 Å². The second kappa shape index (κ2) is 21.7. The number of hydrogen-bond acceptors (Lipinski definition) is 8. The molecule has 266 valence electrons. The molecule has 0 fully saturated rings. The summed E-state index contributed by atoms with van der Waals surface area (Å²) >= 11 is 0. The number of carbonyl (C=O) groups excluding carboxylic acids is 4. The lowest BCUT2D eigenvalue weighted by molar-refractivity contribution is -0.155. The van der Waals surface area contributed by atoms with Crippen molar-refractivity contribution >= 4 is 23.9 Å². The lowest BCUT2D eigenvalue weighted by atomic mass is 9.97. The first-order chi connectivity index (χ1) is 24.3. The van der Waals surface area contributed by atoms with Crippen LogP contribution in [0, 0.1) is 5.92 Å². The molecule has 50 heavy (non-hydrogen) atoms. The van der Waals surface area contributed by atoms with Gasteiger partial charge in [0.25, 0.3) is 0 Å². The molecule has 0 unspecified atom stereocenters. The molecule has 3 rings (SSSR count). The molecule has 3 aromatic carbocycles. The molecule has 0 bridgehead atoms. The van der Waals surface area contributed by atoms with Crippen molar-refractivity contribution in [1.82, 2.24) is 15.5 Å². The van der Waals surface area contributed by atoms with E-state index in [0.29, 0.717) is 5.56 Å². The van der Waals surface area contributed by atoms with Crippen LogP contribution in [-0.4, -0.2) is 72.8 Å². The van der Waals surface area contributed by atoms with Crippen LogP contribution in [0.1, 0.15) is 42.1 Å². The van der Waals surface area contributed by atoms with Crippen LogP contribution in [0.5, 0.6) is 0 Å². The first-order valence-electron chi connectivity index (χ1n) is 16.5. The highest BCUT2D eigenvalue weighted by molar-refractivity contribution is 5.86. The number of allylic oxidation sites excluding steroid dienone is 1. The van der Waals surface area contributed by atoms with E-state index in [1.54, 1.807) is 36.4 Å². The highest BCUT2D eigenvalue weighted by Crippen LogP contribution is 2.25. The number of alkyl carbamates (subject to hydrolysis) is 1. The summed E-state index contributed by atoms with van der Waals surface area (Å²) in [7, 11) is 1.45. The Bertz CT molecular complexity index is 1500. The first-order valence-corrected chi connectivity index (χ1v) is 16.5. The molecule has 0 spiro atoms. The van der Waals surface area contributed by atoms with E-state index in [1.165, 1.54) is 18.1 Å². The van der Waals surface area contributed by atoms with Crippen molar-refractivity contribution in [2.75, 3.05) is 26.9 Å². The molecule has 0 heterocycles.